The number of aromatic nitrogens is 1. The van der Waals surface area contributed by atoms with Crippen LogP contribution in [0.25, 0.3) is 0 Å². The summed E-state index contributed by atoms with van der Waals surface area (Å²) in [7, 11) is 0. The van der Waals surface area contributed by atoms with Gasteiger partial charge in [0.1, 0.15) is 0 Å². The molecule has 0 saturated heterocycles. The molecule has 104 valence electrons. The van der Waals surface area contributed by atoms with Crippen molar-refractivity contribution in [1.82, 2.24) is 9.88 Å². The average molecular weight is 294 g/mol. The summed E-state index contributed by atoms with van der Waals surface area (Å²) in [6, 6.07) is 0. The topological polar surface area (TPSA) is 77.1 Å². The summed E-state index contributed by atoms with van der Waals surface area (Å²) in [5, 5.41) is 4.63. The van der Waals surface area contributed by atoms with Crippen molar-refractivity contribution in [2.45, 2.75) is 39.3 Å². The summed E-state index contributed by atoms with van der Waals surface area (Å²) in [6.45, 7) is 6.40. The molecule has 0 aliphatic carbocycles. The number of nitrogens with one attached hydrogen (secondary N) is 1. The molecule has 1 heterocycles. The van der Waals surface area contributed by atoms with Gasteiger partial charge in [0.15, 0.2) is 0 Å². The molecule has 0 aliphatic heterocycles. The van der Waals surface area contributed by atoms with Crippen molar-refractivity contribution in [3.05, 3.63) is 20.7 Å². The van der Waals surface area contributed by atoms with Gasteiger partial charge in [0, 0.05) is 36.1 Å². The molecule has 1 rings (SSSR count). The quantitative estimate of drug-likeness (QED) is 0.846. The minimum Gasteiger partial charge on any atom is -0.350 e. The van der Waals surface area contributed by atoms with Crippen LogP contribution in [0, 0.1) is 6.92 Å². The van der Waals surface area contributed by atoms with Gasteiger partial charge in [0.2, 0.25) is 5.91 Å². The molecule has 0 unspecified atom stereocenters. The molecule has 0 atom stereocenters. The van der Waals surface area contributed by atoms with E-state index in [-0.39, 0.29) is 23.2 Å². The van der Waals surface area contributed by atoms with Crippen LogP contribution < -0.4 is 15.9 Å². The zero-order valence-electron chi connectivity index (χ0n) is 10.9. The van der Waals surface area contributed by atoms with E-state index in [2.05, 4.69) is 5.32 Å². The summed E-state index contributed by atoms with van der Waals surface area (Å²) < 4.78 is 1.61. The molecule has 0 aliphatic rings. The Kier molecular flexibility index (Phi) is 6.59. The van der Waals surface area contributed by atoms with Crippen LogP contribution in [0.5, 0.6) is 0 Å². The SMILES string of the molecule is Cc1csc(=O)n1CCC(=O)NC(C)(C)CN.Cl. The molecule has 1 aromatic rings. The first-order chi connectivity index (χ1) is 7.85. The first kappa shape index (κ1) is 17.2. The average Bonchev–Trinajstić information content (AvgIpc) is 2.55. The number of thiazole rings is 1. The number of carbonyl (C=O) groups is 1. The lowest BCUT2D eigenvalue weighted by Crippen LogP contribution is -2.49. The maximum absolute atomic E-state index is 11.7. The summed E-state index contributed by atoms with van der Waals surface area (Å²) in [5.41, 5.74) is 6.02. The summed E-state index contributed by atoms with van der Waals surface area (Å²) in [6.07, 6.45) is 0.293. The van der Waals surface area contributed by atoms with Crippen LogP contribution in [-0.2, 0) is 11.3 Å². The molecule has 0 aromatic carbocycles. The largest absolute Gasteiger partial charge is 0.350 e. The molecule has 5 nitrogen and oxygen atoms in total. The van der Waals surface area contributed by atoms with Crippen molar-refractivity contribution >= 4 is 29.7 Å². The zero-order valence-corrected chi connectivity index (χ0v) is 12.5. The Hall–Kier alpha value is -0.850. The smallest absolute Gasteiger partial charge is 0.307 e. The van der Waals surface area contributed by atoms with Gasteiger partial charge in [-0.15, -0.1) is 12.4 Å². The normalized spacial score (nSPS) is 10.9. The molecule has 1 amide bonds. The molecule has 3 N–H and O–H groups in total. The fourth-order valence-electron chi connectivity index (χ4n) is 1.38. The minimum absolute atomic E-state index is 0. The third-order valence-electron chi connectivity index (χ3n) is 2.53. The van der Waals surface area contributed by atoms with Crippen LogP contribution in [0.4, 0.5) is 0 Å². The van der Waals surface area contributed by atoms with Gasteiger partial charge in [0.25, 0.3) is 0 Å². The van der Waals surface area contributed by atoms with Gasteiger partial charge in [-0.25, -0.2) is 0 Å². The molecular formula is C11H20ClN3O2S. The number of nitrogens with two attached hydrogens (primary N) is 1. The summed E-state index contributed by atoms with van der Waals surface area (Å²) >= 11 is 1.16. The number of amides is 1. The highest BCUT2D eigenvalue weighted by molar-refractivity contribution is 7.07. The first-order valence-corrected chi connectivity index (χ1v) is 6.40. The van der Waals surface area contributed by atoms with Crippen LogP contribution in [0.1, 0.15) is 26.0 Å². The predicted molar refractivity (Wildman–Crippen MR) is 76.5 cm³/mol. The molecule has 0 radical (unpaired) electrons. The van der Waals surface area contributed by atoms with E-state index in [0.717, 1.165) is 17.0 Å². The van der Waals surface area contributed by atoms with Gasteiger partial charge in [-0.2, -0.15) is 0 Å². The summed E-state index contributed by atoms with van der Waals surface area (Å²) in [5.74, 6) is -0.0852. The highest BCUT2D eigenvalue weighted by atomic mass is 35.5. The fraction of sp³-hybridized carbons (Fsp3) is 0.636. The fourth-order valence-corrected chi connectivity index (χ4v) is 2.14. The molecule has 7 heteroatoms. The van der Waals surface area contributed by atoms with Gasteiger partial charge in [-0.3, -0.25) is 9.59 Å². The second-order valence-corrected chi connectivity index (χ2v) is 5.50. The van der Waals surface area contributed by atoms with Crippen LogP contribution >= 0.6 is 23.7 Å². The molecule has 0 spiro atoms. The van der Waals surface area contributed by atoms with Gasteiger partial charge in [0.05, 0.1) is 0 Å². The highest BCUT2D eigenvalue weighted by Crippen LogP contribution is 2.03. The number of halogens is 1. The third-order valence-corrected chi connectivity index (χ3v) is 3.41. The number of rotatable bonds is 5. The molecular weight excluding hydrogens is 274 g/mol. The van der Waals surface area contributed by atoms with E-state index in [1.807, 2.05) is 20.8 Å². The standard InChI is InChI=1S/C11H19N3O2S.ClH/c1-8-6-17-10(16)14(8)5-4-9(15)13-11(2,3)7-12;/h6H,4-5,7,12H2,1-3H3,(H,13,15);1H. The lowest BCUT2D eigenvalue weighted by atomic mass is 10.1. The van der Waals surface area contributed by atoms with Crippen LogP contribution in [-0.4, -0.2) is 22.6 Å². The molecule has 18 heavy (non-hydrogen) atoms. The van der Waals surface area contributed by atoms with Crippen molar-refractivity contribution in [1.29, 1.82) is 0 Å². The van der Waals surface area contributed by atoms with E-state index in [1.165, 1.54) is 0 Å². The van der Waals surface area contributed by atoms with Crippen molar-refractivity contribution in [2.24, 2.45) is 5.73 Å². The Morgan fingerprint density at radius 2 is 2.17 bits per heavy atom. The molecule has 0 bridgehead atoms. The number of hydrogen-bond acceptors (Lipinski definition) is 4. The van der Waals surface area contributed by atoms with Gasteiger partial charge in [-0.1, -0.05) is 11.3 Å². The lowest BCUT2D eigenvalue weighted by molar-refractivity contribution is -0.122. The van der Waals surface area contributed by atoms with Crippen molar-refractivity contribution < 1.29 is 4.79 Å². The van der Waals surface area contributed by atoms with E-state index in [0.29, 0.717) is 19.5 Å². The van der Waals surface area contributed by atoms with Crippen molar-refractivity contribution in [2.75, 3.05) is 6.54 Å². The number of hydrogen-bond donors (Lipinski definition) is 2. The zero-order chi connectivity index (χ0) is 13.1. The van der Waals surface area contributed by atoms with Crippen LogP contribution in [0.2, 0.25) is 0 Å². The van der Waals surface area contributed by atoms with E-state index >= 15 is 0 Å². The molecule has 1 aromatic heterocycles. The van der Waals surface area contributed by atoms with E-state index in [1.54, 1.807) is 9.95 Å². The molecule has 0 fully saturated rings. The van der Waals surface area contributed by atoms with Crippen LogP contribution in [0.3, 0.4) is 0 Å². The van der Waals surface area contributed by atoms with Gasteiger partial charge >= 0.3 is 4.87 Å². The van der Waals surface area contributed by atoms with E-state index in [9.17, 15) is 9.59 Å². The van der Waals surface area contributed by atoms with Crippen LogP contribution in [0.15, 0.2) is 10.2 Å². The maximum atomic E-state index is 11.7. The highest BCUT2D eigenvalue weighted by Gasteiger charge is 2.18. The number of nitrogens with zero attached hydrogens (tertiary/aromatic N) is 1. The second-order valence-electron chi connectivity index (χ2n) is 4.68. The minimum atomic E-state index is -0.397. The molecule has 0 saturated carbocycles. The summed E-state index contributed by atoms with van der Waals surface area (Å²) in [4.78, 5) is 23.1. The Balaban J connectivity index is 0.00000289. The maximum Gasteiger partial charge on any atom is 0.307 e. The Bertz CT molecular complexity index is 453. The number of carbonyl (C=O) groups excluding carboxylic acids is 1. The Morgan fingerprint density at radius 3 is 2.61 bits per heavy atom. The third kappa shape index (κ3) is 4.80. The number of aryl methyl sites for hydroxylation is 1. The Morgan fingerprint density at radius 1 is 1.56 bits per heavy atom. The first-order valence-electron chi connectivity index (χ1n) is 5.52. The predicted octanol–water partition coefficient (Wildman–Crippen LogP) is 0.884. The lowest BCUT2D eigenvalue weighted by Gasteiger charge is -2.24. The van der Waals surface area contributed by atoms with Crippen molar-refractivity contribution in [3.63, 3.8) is 0 Å². The van der Waals surface area contributed by atoms with E-state index in [4.69, 9.17) is 5.73 Å². The monoisotopic (exact) mass is 293 g/mol. The van der Waals surface area contributed by atoms with Gasteiger partial charge < -0.3 is 15.6 Å². The van der Waals surface area contributed by atoms with E-state index < -0.39 is 5.54 Å². The Labute approximate surface area is 117 Å². The second kappa shape index (κ2) is 6.92. The van der Waals surface area contributed by atoms with Crippen molar-refractivity contribution in [3.8, 4) is 0 Å². The van der Waals surface area contributed by atoms with Gasteiger partial charge in [-0.05, 0) is 20.8 Å².